The first-order valence-electron chi connectivity index (χ1n) is 10.0. The number of rotatable bonds is 5. The van der Waals surface area contributed by atoms with Crippen LogP contribution in [-0.4, -0.2) is 57.5 Å². The molecular weight excluding hydrogens is 354 g/mol. The second-order valence-electron chi connectivity index (χ2n) is 7.51. The maximum atomic E-state index is 13.0. The van der Waals surface area contributed by atoms with Gasteiger partial charge in [0.2, 0.25) is 11.8 Å². The topological polar surface area (TPSA) is 81.3 Å². The molecule has 3 heterocycles. The van der Waals surface area contributed by atoms with E-state index in [4.69, 9.17) is 0 Å². The summed E-state index contributed by atoms with van der Waals surface area (Å²) in [6, 6.07) is 9.68. The van der Waals surface area contributed by atoms with E-state index < -0.39 is 6.04 Å². The van der Waals surface area contributed by atoms with Crippen LogP contribution in [0.25, 0.3) is 0 Å². The van der Waals surface area contributed by atoms with Gasteiger partial charge in [-0.25, -0.2) is 0 Å². The van der Waals surface area contributed by atoms with Crippen molar-refractivity contribution >= 4 is 11.8 Å². The van der Waals surface area contributed by atoms with Crippen molar-refractivity contribution in [2.24, 2.45) is 0 Å². The number of carbonyl (C=O) groups is 2. The molecule has 7 heteroatoms. The molecule has 1 fully saturated rings. The van der Waals surface area contributed by atoms with E-state index in [1.165, 1.54) is 0 Å². The molecule has 2 aromatic rings. The number of H-pyrrole nitrogens is 1. The molecule has 2 N–H and O–H groups in total. The van der Waals surface area contributed by atoms with Gasteiger partial charge < -0.3 is 10.2 Å². The molecule has 4 rings (SSSR count). The van der Waals surface area contributed by atoms with Gasteiger partial charge in [0.05, 0.1) is 18.2 Å². The SMILES string of the molecule is CCc1n[nH]c2c1CN(C(=O)CC1C(=O)NCCN1Cc1ccccc1)CC2. The Hall–Kier alpha value is -2.67. The average molecular weight is 381 g/mol. The van der Waals surface area contributed by atoms with Gasteiger partial charge in [-0.05, 0) is 12.0 Å². The molecule has 1 unspecified atom stereocenters. The van der Waals surface area contributed by atoms with Crippen LogP contribution in [0.4, 0.5) is 0 Å². The van der Waals surface area contributed by atoms with Gasteiger partial charge in [0.25, 0.3) is 0 Å². The molecule has 1 atom stereocenters. The molecular formula is C21H27N5O2. The highest BCUT2D eigenvalue weighted by molar-refractivity contribution is 5.89. The van der Waals surface area contributed by atoms with E-state index in [1.807, 2.05) is 23.1 Å². The molecule has 148 valence electrons. The number of fused-ring (bicyclic) bond motifs is 1. The Morgan fingerprint density at radius 3 is 2.86 bits per heavy atom. The van der Waals surface area contributed by atoms with E-state index in [1.54, 1.807) is 0 Å². The van der Waals surface area contributed by atoms with Crippen molar-refractivity contribution in [2.45, 2.75) is 45.3 Å². The lowest BCUT2D eigenvalue weighted by atomic mass is 10.0. The largest absolute Gasteiger partial charge is 0.353 e. The summed E-state index contributed by atoms with van der Waals surface area (Å²) in [6.45, 7) is 5.39. The van der Waals surface area contributed by atoms with Crippen molar-refractivity contribution in [1.82, 2.24) is 25.3 Å². The molecule has 1 saturated heterocycles. The summed E-state index contributed by atoms with van der Waals surface area (Å²) in [5.41, 5.74) is 4.48. The molecule has 2 aliphatic heterocycles. The van der Waals surface area contributed by atoms with Gasteiger partial charge in [-0.2, -0.15) is 5.10 Å². The highest BCUT2D eigenvalue weighted by Gasteiger charge is 2.34. The number of aryl methyl sites for hydroxylation is 1. The van der Waals surface area contributed by atoms with Crippen molar-refractivity contribution in [2.75, 3.05) is 19.6 Å². The van der Waals surface area contributed by atoms with Gasteiger partial charge in [-0.15, -0.1) is 0 Å². The Morgan fingerprint density at radius 1 is 1.25 bits per heavy atom. The number of nitrogens with zero attached hydrogens (tertiary/aromatic N) is 3. The highest BCUT2D eigenvalue weighted by atomic mass is 16.2. The van der Waals surface area contributed by atoms with Crippen molar-refractivity contribution in [3.8, 4) is 0 Å². The zero-order valence-electron chi connectivity index (χ0n) is 16.3. The minimum absolute atomic E-state index is 0.0361. The zero-order valence-corrected chi connectivity index (χ0v) is 16.3. The third-order valence-electron chi connectivity index (χ3n) is 5.74. The van der Waals surface area contributed by atoms with Crippen LogP contribution in [0.5, 0.6) is 0 Å². The van der Waals surface area contributed by atoms with Gasteiger partial charge in [0.15, 0.2) is 0 Å². The lowest BCUT2D eigenvalue weighted by Crippen LogP contribution is -2.56. The van der Waals surface area contributed by atoms with Crippen molar-refractivity contribution in [3.63, 3.8) is 0 Å². The number of nitrogens with one attached hydrogen (secondary N) is 2. The van der Waals surface area contributed by atoms with Gasteiger partial charge in [0.1, 0.15) is 0 Å². The first-order valence-corrected chi connectivity index (χ1v) is 10.0. The quantitative estimate of drug-likeness (QED) is 0.817. The fourth-order valence-electron chi connectivity index (χ4n) is 4.15. The minimum atomic E-state index is -0.419. The Morgan fingerprint density at radius 2 is 2.07 bits per heavy atom. The molecule has 0 saturated carbocycles. The lowest BCUT2D eigenvalue weighted by molar-refractivity contribution is -0.139. The molecule has 7 nitrogen and oxygen atoms in total. The molecule has 0 spiro atoms. The molecule has 0 aliphatic carbocycles. The number of aromatic nitrogens is 2. The molecule has 1 aromatic carbocycles. The second kappa shape index (κ2) is 8.14. The summed E-state index contributed by atoms with van der Waals surface area (Å²) in [4.78, 5) is 29.6. The summed E-state index contributed by atoms with van der Waals surface area (Å²) in [5.74, 6) is -0.0141. The number of aromatic amines is 1. The summed E-state index contributed by atoms with van der Waals surface area (Å²) in [5, 5.41) is 10.4. The van der Waals surface area contributed by atoms with E-state index in [0.717, 1.165) is 41.9 Å². The van der Waals surface area contributed by atoms with E-state index in [-0.39, 0.29) is 18.2 Å². The van der Waals surface area contributed by atoms with Crippen molar-refractivity contribution in [3.05, 3.63) is 52.8 Å². The van der Waals surface area contributed by atoms with Gasteiger partial charge in [-0.1, -0.05) is 37.3 Å². The highest BCUT2D eigenvalue weighted by Crippen LogP contribution is 2.22. The maximum absolute atomic E-state index is 13.0. The minimum Gasteiger partial charge on any atom is -0.353 e. The number of hydrogen-bond donors (Lipinski definition) is 2. The van der Waals surface area contributed by atoms with Crippen LogP contribution >= 0.6 is 0 Å². The predicted octanol–water partition coefficient (Wildman–Crippen LogP) is 1.25. The lowest BCUT2D eigenvalue weighted by Gasteiger charge is -2.36. The fourth-order valence-corrected chi connectivity index (χ4v) is 4.15. The van der Waals surface area contributed by atoms with Crippen LogP contribution in [0.1, 0.15) is 35.9 Å². The molecule has 2 aliphatic rings. The molecule has 0 radical (unpaired) electrons. The Balaban J connectivity index is 1.45. The van der Waals surface area contributed by atoms with Gasteiger partial charge in [0, 0.05) is 50.4 Å². The van der Waals surface area contributed by atoms with Crippen LogP contribution in [0, 0.1) is 0 Å². The van der Waals surface area contributed by atoms with Gasteiger partial charge in [-0.3, -0.25) is 19.6 Å². The van der Waals surface area contributed by atoms with Crippen molar-refractivity contribution < 1.29 is 9.59 Å². The smallest absolute Gasteiger partial charge is 0.237 e. The zero-order chi connectivity index (χ0) is 19.5. The molecule has 2 amide bonds. The fraction of sp³-hybridized carbons (Fsp3) is 0.476. The third-order valence-corrected chi connectivity index (χ3v) is 5.74. The van der Waals surface area contributed by atoms with E-state index in [9.17, 15) is 9.59 Å². The number of benzene rings is 1. The first kappa shape index (κ1) is 18.7. The van der Waals surface area contributed by atoms with Crippen molar-refractivity contribution in [1.29, 1.82) is 0 Å². The van der Waals surface area contributed by atoms with Crippen LogP contribution in [0.2, 0.25) is 0 Å². The Labute approximate surface area is 165 Å². The van der Waals surface area contributed by atoms with E-state index >= 15 is 0 Å². The van der Waals surface area contributed by atoms with E-state index in [2.05, 4.69) is 39.5 Å². The summed E-state index contributed by atoms with van der Waals surface area (Å²) in [6.07, 6.45) is 1.86. The Kier molecular flexibility index (Phi) is 5.43. The number of hydrogen-bond acceptors (Lipinski definition) is 4. The van der Waals surface area contributed by atoms with Gasteiger partial charge >= 0.3 is 0 Å². The number of amides is 2. The monoisotopic (exact) mass is 381 g/mol. The average Bonchev–Trinajstić information content (AvgIpc) is 3.13. The second-order valence-corrected chi connectivity index (χ2v) is 7.51. The van der Waals surface area contributed by atoms with E-state index in [0.29, 0.717) is 26.2 Å². The standard InChI is InChI=1S/C21H27N5O2/c1-2-17-16-14-26(10-8-18(16)24-23-17)20(27)12-19-21(28)22-9-11-25(19)13-15-6-4-3-5-7-15/h3-7,19H,2,8-14H2,1H3,(H,22,28)(H,23,24). The first-order chi connectivity index (χ1) is 13.7. The molecule has 1 aromatic heterocycles. The van der Waals surface area contributed by atoms with Crippen LogP contribution < -0.4 is 5.32 Å². The number of piperazine rings is 1. The van der Waals surface area contributed by atoms with Crippen LogP contribution in [0.15, 0.2) is 30.3 Å². The third kappa shape index (κ3) is 3.80. The predicted molar refractivity (Wildman–Crippen MR) is 105 cm³/mol. The summed E-state index contributed by atoms with van der Waals surface area (Å²) >= 11 is 0. The summed E-state index contributed by atoms with van der Waals surface area (Å²) in [7, 11) is 0. The Bertz CT molecular complexity index is 834. The number of carbonyl (C=O) groups excluding carboxylic acids is 2. The van der Waals surface area contributed by atoms with Crippen LogP contribution in [-0.2, 0) is 35.5 Å². The molecule has 28 heavy (non-hydrogen) atoms. The maximum Gasteiger partial charge on any atom is 0.237 e. The van der Waals surface area contributed by atoms with Crippen LogP contribution in [0.3, 0.4) is 0 Å². The normalized spacial score (nSPS) is 20.0. The summed E-state index contributed by atoms with van der Waals surface area (Å²) < 4.78 is 0. The molecule has 0 bridgehead atoms.